The van der Waals surface area contributed by atoms with E-state index in [1.807, 2.05) is 6.08 Å². The maximum atomic E-state index is 13.3. The third-order valence-electron chi connectivity index (χ3n) is 10.7. The lowest BCUT2D eigenvalue weighted by molar-refractivity contribution is -0.163. The molecule has 4 aliphatic carbocycles. The normalized spacial score (nSPS) is 49.7. The molecule has 0 spiro atoms. The Labute approximate surface area is 186 Å². The van der Waals surface area contributed by atoms with E-state index in [4.69, 9.17) is 4.43 Å². The van der Waals surface area contributed by atoms with Gasteiger partial charge in [0.1, 0.15) is 5.78 Å². The van der Waals surface area contributed by atoms with E-state index in [0.29, 0.717) is 29.1 Å². The molecule has 0 amide bonds. The zero-order chi connectivity index (χ0) is 22.1. The summed E-state index contributed by atoms with van der Waals surface area (Å²) in [5, 5.41) is 0. The summed E-state index contributed by atoms with van der Waals surface area (Å²) >= 11 is 0. The molecule has 4 unspecified atom stereocenters. The van der Waals surface area contributed by atoms with Crippen LogP contribution in [0, 0.1) is 45.8 Å². The van der Waals surface area contributed by atoms with Gasteiger partial charge in [0.2, 0.25) is 0 Å². The quantitative estimate of drug-likeness (QED) is 0.346. The molecular formula is C27H46O2Si. The van der Waals surface area contributed by atoms with Crippen molar-refractivity contribution in [3.63, 3.8) is 0 Å². The third kappa shape index (κ3) is 3.24. The van der Waals surface area contributed by atoms with Gasteiger partial charge in [-0.25, -0.2) is 0 Å². The fourth-order valence-corrected chi connectivity index (χ4v) is 10.3. The summed E-state index contributed by atoms with van der Waals surface area (Å²) in [6, 6.07) is 0. The van der Waals surface area contributed by atoms with E-state index in [1.165, 1.54) is 44.9 Å². The van der Waals surface area contributed by atoms with Crippen molar-refractivity contribution in [3.05, 3.63) is 12.7 Å². The van der Waals surface area contributed by atoms with Crippen molar-refractivity contribution in [1.82, 2.24) is 0 Å². The minimum atomic E-state index is -1.48. The molecule has 3 heteroatoms. The van der Waals surface area contributed by atoms with Gasteiger partial charge in [-0.2, -0.15) is 0 Å². The van der Waals surface area contributed by atoms with Crippen LogP contribution in [-0.4, -0.2) is 20.2 Å². The zero-order valence-corrected chi connectivity index (χ0v) is 21.7. The van der Waals surface area contributed by atoms with Crippen molar-refractivity contribution in [2.24, 2.45) is 45.8 Å². The molecule has 0 radical (unpaired) electrons. The molecule has 4 saturated carbocycles. The number of allylic oxidation sites excluding steroid dienone is 1. The highest BCUT2D eigenvalue weighted by Crippen LogP contribution is 2.72. The maximum absolute atomic E-state index is 13.3. The van der Waals surface area contributed by atoms with E-state index in [0.717, 1.165) is 18.3 Å². The molecule has 0 aromatic heterocycles. The summed E-state index contributed by atoms with van der Waals surface area (Å²) in [6.07, 6.45) is 12.3. The molecule has 0 aromatic rings. The third-order valence-corrected chi connectivity index (χ3v) is 11.8. The first-order valence-electron chi connectivity index (χ1n) is 12.7. The molecular weight excluding hydrogens is 384 g/mol. The van der Waals surface area contributed by atoms with Gasteiger partial charge in [-0.3, -0.25) is 4.79 Å². The smallest absolute Gasteiger partial charge is 0.184 e. The van der Waals surface area contributed by atoms with Crippen LogP contribution in [0.15, 0.2) is 12.7 Å². The summed E-state index contributed by atoms with van der Waals surface area (Å²) in [5.41, 5.74) is 0.743. The Hall–Kier alpha value is -0.413. The average molecular weight is 431 g/mol. The molecule has 0 bridgehead atoms. The Morgan fingerprint density at radius 3 is 2.37 bits per heavy atom. The van der Waals surface area contributed by atoms with Gasteiger partial charge >= 0.3 is 0 Å². The van der Waals surface area contributed by atoms with Gasteiger partial charge in [0.25, 0.3) is 0 Å². The van der Waals surface area contributed by atoms with E-state index in [9.17, 15) is 4.79 Å². The average Bonchev–Trinajstić information content (AvgIpc) is 2.85. The highest BCUT2D eigenvalue weighted by atomic mass is 28.4. The van der Waals surface area contributed by atoms with Crippen LogP contribution in [0.2, 0.25) is 19.6 Å². The van der Waals surface area contributed by atoms with Gasteiger partial charge in [0.05, 0.1) is 0 Å². The minimum Gasteiger partial charge on any atom is -0.415 e. The summed E-state index contributed by atoms with van der Waals surface area (Å²) in [7, 11) is -1.48. The van der Waals surface area contributed by atoms with Crippen LogP contribution < -0.4 is 0 Å². The fourth-order valence-electron chi connectivity index (χ4n) is 9.10. The van der Waals surface area contributed by atoms with Crippen molar-refractivity contribution in [2.75, 3.05) is 0 Å². The number of fused-ring (bicyclic) bond motifs is 5. The van der Waals surface area contributed by atoms with Crippen molar-refractivity contribution in [1.29, 1.82) is 0 Å². The van der Waals surface area contributed by atoms with Gasteiger partial charge in [0.15, 0.2) is 8.32 Å². The summed E-state index contributed by atoms with van der Waals surface area (Å²) in [6.45, 7) is 20.8. The van der Waals surface area contributed by atoms with E-state index in [2.05, 4.69) is 53.9 Å². The predicted octanol–water partition coefficient (Wildman–Crippen LogP) is 7.26. The lowest BCUT2D eigenvalue weighted by atomic mass is 9.40. The molecule has 0 saturated heterocycles. The first-order chi connectivity index (χ1) is 13.9. The first kappa shape index (κ1) is 22.8. The molecule has 0 aromatic carbocycles. The standard InChI is InChI=1S/C27H46O2Si/c1-9-18(2)24-23(28)17-27(5)22-11-10-19-16-20(29-30(6,7)8)12-14-25(19,3)21(22)13-15-26(24,27)4/h9,18-22,24H,1,10-17H2,2-8H3/t18-,19?,20+,21?,22?,24?,25+,26-,27+/m1/s1. The molecule has 170 valence electrons. The Bertz CT molecular complexity index is 710. The molecule has 9 atom stereocenters. The van der Waals surface area contributed by atoms with E-state index < -0.39 is 8.32 Å². The highest BCUT2D eigenvalue weighted by Gasteiger charge is 2.68. The van der Waals surface area contributed by atoms with Gasteiger partial charge < -0.3 is 4.43 Å². The monoisotopic (exact) mass is 430 g/mol. The van der Waals surface area contributed by atoms with Crippen molar-refractivity contribution in [2.45, 2.75) is 105 Å². The van der Waals surface area contributed by atoms with Crippen LogP contribution >= 0.6 is 0 Å². The predicted molar refractivity (Wildman–Crippen MR) is 128 cm³/mol. The topological polar surface area (TPSA) is 26.3 Å². The largest absolute Gasteiger partial charge is 0.415 e. The SMILES string of the molecule is C=C[C@@H](C)C1C(=O)C[C@@]2(C)C3CCC4C[C@@H](O[Si](C)(C)C)CC[C@]4(C)C3CC[C@]12C. The van der Waals surface area contributed by atoms with E-state index in [1.54, 1.807) is 0 Å². The van der Waals surface area contributed by atoms with Crippen LogP contribution in [0.3, 0.4) is 0 Å². The molecule has 4 rings (SSSR count). The van der Waals surface area contributed by atoms with Crippen LogP contribution in [0.1, 0.15) is 79.1 Å². The highest BCUT2D eigenvalue weighted by molar-refractivity contribution is 6.69. The second-order valence-corrected chi connectivity index (χ2v) is 17.7. The summed E-state index contributed by atoms with van der Waals surface area (Å²) < 4.78 is 6.57. The van der Waals surface area contributed by atoms with Crippen LogP contribution in [0.5, 0.6) is 0 Å². The number of rotatable bonds is 4. The van der Waals surface area contributed by atoms with Gasteiger partial charge in [-0.05, 0) is 105 Å². The van der Waals surface area contributed by atoms with E-state index in [-0.39, 0.29) is 16.7 Å². The van der Waals surface area contributed by atoms with Gasteiger partial charge in [-0.15, -0.1) is 6.58 Å². The molecule has 0 aliphatic heterocycles. The maximum Gasteiger partial charge on any atom is 0.184 e. The Morgan fingerprint density at radius 1 is 1.03 bits per heavy atom. The van der Waals surface area contributed by atoms with E-state index >= 15 is 0 Å². The first-order valence-corrected chi connectivity index (χ1v) is 16.1. The van der Waals surface area contributed by atoms with Crippen LogP contribution in [0.25, 0.3) is 0 Å². The molecule has 0 heterocycles. The van der Waals surface area contributed by atoms with Gasteiger partial charge in [-0.1, -0.05) is 33.8 Å². The van der Waals surface area contributed by atoms with Crippen LogP contribution in [-0.2, 0) is 9.22 Å². The summed E-state index contributed by atoms with van der Waals surface area (Å²) in [4.78, 5) is 13.3. The Morgan fingerprint density at radius 2 is 1.73 bits per heavy atom. The molecule has 2 nitrogen and oxygen atoms in total. The number of ketones is 1. The molecule has 30 heavy (non-hydrogen) atoms. The number of carbonyl (C=O) groups excluding carboxylic acids is 1. The number of hydrogen-bond donors (Lipinski definition) is 0. The molecule has 4 aliphatic rings. The molecule has 0 N–H and O–H groups in total. The van der Waals surface area contributed by atoms with Crippen molar-refractivity contribution >= 4 is 14.1 Å². The number of Topliss-reactive ketones (excluding diaryl/α,β-unsaturated/α-hetero) is 1. The lowest BCUT2D eigenvalue weighted by Crippen LogP contribution is -2.58. The Kier molecular flexibility index (Phi) is 5.54. The Balaban J connectivity index is 1.59. The lowest BCUT2D eigenvalue weighted by Gasteiger charge is -2.64. The minimum absolute atomic E-state index is 0.139. The molecule has 4 fully saturated rings. The fraction of sp³-hybridized carbons (Fsp3) is 0.889. The second-order valence-electron chi connectivity index (χ2n) is 13.2. The number of hydrogen-bond acceptors (Lipinski definition) is 2. The van der Waals surface area contributed by atoms with Crippen LogP contribution in [0.4, 0.5) is 0 Å². The number of carbonyl (C=O) groups is 1. The van der Waals surface area contributed by atoms with Crippen molar-refractivity contribution in [3.8, 4) is 0 Å². The second kappa shape index (κ2) is 7.30. The van der Waals surface area contributed by atoms with Gasteiger partial charge in [0, 0.05) is 18.4 Å². The van der Waals surface area contributed by atoms with Crippen molar-refractivity contribution < 1.29 is 9.22 Å². The zero-order valence-electron chi connectivity index (χ0n) is 20.7. The summed E-state index contributed by atoms with van der Waals surface area (Å²) in [5.74, 6) is 3.29.